The van der Waals surface area contributed by atoms with Gasteiger partial charge in [-0.2, -0.15) is 0 Å². The Balaban J connectivity index is 1.69. The number of benzene rings is 2. The Kier molecular flexibility index (Phi) is 6.22. The largest absolute Gasteiger partial charge is 0.493 e. The Bertz CT molecular complexity index is 1020. The summed E-state index contributed by atoms with van der Waals surface area (Å²) in [5, 5.41) is 2.93. The second-order valence-corrected chi connectivity index (χ2v) is 10.3. The number of para-hydroxylation sites is 1. The zero-order valence-electron chi connectivity index (χ0n) is 16.7. The van der Waals surface area contributed by atoms with E-state index in [4.69, 9.17) is 16.3 Å². The zero-order chi connectivity index (χ0) is 21.2. The van der Waals surface area contributed by atoms with Crippen LogP contribution in [-0.4, -0.2) is 33.0 Å². The number of carbonyl (C=O) groups is 1. The molecule has 1 aliphatic heterocycles. The minimum Gasteiger partial charge on any atom is -0.493 e. The summed E-state index contributed by atoms with van der Waals surface area (Å²) in [5.74, 6) is 0.675. The molecule has 0 fully saturated rings. The van der Waals surface area contributed by atoms with E-state index < -0.39 is 15.6 Å². The van der Waals surface area contributed by atoms with Crippen molar-refractivity contribution < 1.29 is 17.9 Å². The maximum atomic E-state index is 12.6. The highest BCUT2D eigenvalue weighted by Crippen LogP contribution is 2.27. The molecular formula is C21H25ClN2O4S. The molecule has 0 aliphatic carbocycles. The molecule has 2 aromatic rings. The van der Waals surface area contributed by atoms with Crippen molar-refractivity contribution in [3.63, 3.8) is 0 Å². The van der Waals surface area contributed by atoms with Crippen molar-refractivity contribution in [2.75, 3.05) is 13.2 Å². The van der Waals surface area contributed by atoms with Gasteiger partial charge in [0.15, 0.2) is 0 Å². The standard InChI is InChI=1S/C21H25ClN2O4S/c1-21(2,3)24-29(26,27)19-11-16(8-9-17(19)22)20(25)23-12-14-10-15-6-4-5-7-18(15)28-13-14/h4-9,11,14,24H,10,12-13H2,1-3H3,(H,23,25). The molecule has 0 radical (unpaired) electrons. The molecular weight excluding hydrogens is 412 g/mol. The van der Waals surface area contributed by atoms with Crippen molar-refractivity contribution in [3.8, 4) is 5.75 Å². The molecule has 0 bridgehead atoms. The molecule has 1 amide bonds. The van der Waals surface area contributed by atoms with Gasteiger partial charge in [-0.15, -0.1) is 0 Å². The smallest absolute Gasteiger partial charge is 0.251 e. The van der Waals surface area contributed by atoms with Gasteiger partial charge in [0, 0.05) is 23.6 Å². The first-order valence-corrected chi connectivity index (χ1v) is 11.2. The van der Waals surface area contributed by atoms with E-state index in [0.29, 0.717) is 13.2 Å². The Labute approximate surface area is 176 Å². The first-order chi connectivity index (χ1) is 13.5. The van der Waals surface area contributed by atoms with Crippen LogP contribution in [0.25, 0.3) is 0 Å². The number of fused-ring (bicyclic) bond motifs is 1. The highest BCUT2D eigenvalue weighted by molar-refractivity contribution is 7.89. The maximum absolute atomic E-state index is 12.6. The van der Waals surface area contributed by atoms with Crippen LogP contribution in [0.15, 0.2) is 47.4 Å². The number of sulfonamides is 1. The summed E-state index contributed by atoms with van der Waals surface area (Å²) in [6, 6.07) is 12.1. The van der Waals surface area contributed by atoms with E-state index in [0.717, 1.165) is 17.7 Å². The summed E-state index contributed by atoms with van der Waals surface area (Å²) in [6.45, 7) is 6.16. The number of hydrogen-bond donors (Lipinski definition) is 2. The molecule has 2 N–H and O–H groups in total. The van der Waals surface area contributed by atoms with Gasteiger partial charge >= 0.3 is 0 Å². The van der Waals surface area contributed by atoms with Crippen LogP contribution >= 0.6 is 11.6 Å². The SMILES string of the molecule is CC(C)(C)NS(=O)(=O)c1cc(C(=O)NCC2COc3ccccc3C2)ccc1Cl. The third-order valence-corrected chi connectivity index (χ3v) is 6.67. The predicted molar refractivity (Wildman–Crippen MR) is 113 cm³/mol. The molecule has 2 aromatic carbocycles. The zero-order valence-corrected chi connectivity index (χ0v) is 18.2. The highest BCUT2D eigenvalue weighted by atomic mass is 35.5. The fourth-order valence-electron chi connectivity index (χ4n) is 3.17. The molecule has 6 nitrogen and oxygen atoms in total. The molecule has 156 valence electrons. The number of nitrogens with one attached hydrogen (secondary N) is 2. The lowest BCUT2D eigenvalue weighted by molar-refractivity contribution is 0.0939. The van der Waals surface area contributed by atoms with Crippen molar-refractivity contribution in [1.82, 2.24) is 10.0 Å². The average molecular weight is 437 g/mol. The average Bonchev–Trinajstić information content (AvgIpc) is 2.64. The second-order valence-electron chi connectivity index (χ2n) is 8.20. The van der Waals surface area contributed by atoms with Crippen LogP contribution in [0.1, 0.15) is 36.7 Å². The lowest BCUT2D eigenvalue weighted by Gasteiger charge is -2.25. The molecule has 0 spiro atoms. The Morgan fingerprint density at radius 1 is 1.21 bits per heavy atom. The molecule has 1 aliphatic rings. The number of rotatable bonds is 5. The normalized spacial score (nSPS) is 16.6. The van der Waals surface area contributed by atoms with Crippen molar-refractivity contribution in [2.45, 2.75) is 37.6 Å². The summed E-state index contributed by atoms with van der Waals surface area (Å²) in [7, 11) is -3.86. The number of halogens is 1. The van der Waals surface area contributed by atoms with Gasteiger partial charge in [0.25, 0.3) is 5.91 Å². The van der Waals surface area contributed by atoms with Crippen molar-refractivity contribution >= 4 is 27.5 Å². The van der Waals surface area contributed by atoms with Crippen molar-refractivity contribution in [1.29, 1.82) is 0 Å². The van der Waals surface area contributed by atoms with Crippen LogP contribution in [0.5, 0.6) is 5.75 Å². The van der Waals surface area contributed by atoms with Gasteiger partial charge in [-0.25, -0.2) is 13.1 Å². The second kappa shape index (κ2) is 8.34. The van der Waals surface area contributed by atoms with Crippen LogP contribution in [-0.2, 0) is 16.4 Å². The van der Waals surface area contributed by atoms with Gasteiger partial charge in [0.1, 0.15) is 10.6 Å². The molecule has 0 saturated carbocycles. The summed E-state index contributed by atoms with van der Waals surface area (Å²) < 4.78 is 33.5. The quantitative estimate of drug-likeness (QED) is 0.752. The Morgan fingerprint density at radius 3 is 2.66 bits per heavy atom. The van der Waals surface area contributed by atoms with E-state index in [1.165, 1.54) is 18.2 Å². The van der Waals surface area contributed by atoms with Crippen LogP contribution in [0.2, 0.25) is 5.02 Å². The summed E-state index contributed by atoms with van der Waals surface area (Å²) in [6.07, 6.45) is 0.812. The third kappa shape index (κ3) is 5.50. The van der Waals surface area contributed by atoms with E-state index in [1.54, 1.807) is 20.8 Å². The number of ether oxygens (including phenoxy) is 1. The van der Waals surface area contributed by atoms with Crippen LogP contribution in [0.4, 0.5) is 0 Å². The highest BCUT2D eigenvalue weighted by Gasteiger charge is 2.26. The van der Waals surface area contributed by atoms with Crippen LogP contribution < -0.4 is 14.8 Å². The summed E-state index contributed by atoms with van der Waals surface area (Å²) in [4.78, 5) is 12.5. The number of hydrogen-bond acceptors (Lipinski definition) is 4. The van der Waals surface area contributed by atoms with Gasteiger partial charge in [-0.05, 0) is 57.0 Å². The van der Waals surface area contributed by atoms with Crippen molar-refractivity contribution in [2.24, 2.45) is 5.92 Å². The Hall–Kier alpha value is -2.09. The Morgan fingerprint density at radius 2 is 1.93 bits per heavy atom. The first kappa shape index (κ1) is 21.6. The van der Waals surface area contributed by atoms with Gasteiger partial charge in [0.2, 0.25) is 10.0 Å². The lowest BCUT2D eigenvalue weighted by Crippen LogP contribution is -2.40. The molecule has 8 heteroatoms. The lowest BCUT2D eigenvalue weighted by atomic mass is 9.96. The van der Waals surface area contributed by atoms with Gasteiger partial charge in [-0.1, -0.05) is 29.8 Å². The molecule has 3 rings (SSSR count). The summed E-state index contributed by atoms with van der Waals surface area (Å²) >= 11 is 6.09. The minimum atomic E-state index is -3.86. The fourth-order valence-corrected chi connectivity index (χ4v) is 5.11. The molecule has 0 aromatic heterocycles. The van der Waals surface area contributed by atoms with E-state index in [1.807, 2.05) is 24.3 Å². The van der Waals surface area contributed by atoms with Crippen LogP contribution in [0.3, 0.4) is 0 Å². The molecule has 1 atom stereocenters. The maximum Gasteiger partial charge on any atom is 0.251 e. The van der Waals surface area contributed by atoms with Crippen LogP contribution in [0, 0.1) is 5.92 Å². The van der Waals surface area contributed by atoms with E-state index in [2.05, 4.69) is 10.0 Å². The van der Waals surface area contributed by atoms with Gasteiger partial charge in [0.05, 0.1) is 11.6 Å². The van der Waals surface area contributed by atoms with E-state index in [-0.39, 0.29) is 27.3 Å². The molecule has 1 heterocycles. The monoisotopic (exact) mass is 436 g/mol. The van der Waals surface area contributed by atoms with E-state index >= 15 is 0 Å². The predicted octanol–water partition coefficient (Wildman–Crippen LogP) is 3.40. The molecule has 29 heavy (non-hydrogen) atoms. The van der Waals surface area contributed by atoms with E-state index in [9.17, 15) is 13.2 Å². The topological polar surface area (TPSA) is 84.5 Å². The fraction of sp³-hybridized carbons (Fsp3) is 0.381. The van der Waals surface area contributed by atoms with Gasteiger partial charge in [-0.3, -0.25) is 4.79 Å². The minimum absolute atomic E-state index is 0.0654. The van der Waals surface area contributed by atoms with Crippen molar-refractivity contribution in [3.05, 3.63) is 58.6 Å². The van der Waals surface area contributed by atoms with Gasteiger partial charge < -0.3 is 10.1 Å². The first-order valence-electron chi connectivity index (χ1n) is 9.37. The summed E-state index contributed by atoms with van der Waals surface area (Å²) in [5.41, 5.74) is 0.685. The molecule has 1 unspecified atom stereocenters. The third-order valence-electron chi connectivity index (χ3n) is 4.43. The number of amides is 1. The molecule has 0 saturated heterocycles. The number of carbonyl (C=O) groups excluding carboxylic acids is 1.